The van der Waals surface area contributed by atoms with Gasteiger partial charge in [-0.3, -0.25) is 4.90 Å². The molecule has 2 aliphatic rings. The molecular formula is C19H17F8N3O4S. The number of amides is 1. The lowest BCUT2D eigenvalue weighted by atomic mass is 10.2. The number of carbonyl (C=O) groups excluding carboxylic acids is 1. The van der Waals surface area contributed by atoms with Crippen molar-refractivity contribution in [3.8, 4) is 6.07 Å². The van der Waals surface area contributed by atoms with Crippen LogP contribution in [-0.4, -0.2) is 61.6 Å². The molecule has 194 valence electrons. The number of nitrogens with one attached hydrogen (secondary N) is 1. The second kappa shape index (κ2) is 8.77. The van der Waals surface area contributed by atoms with Gasteiger partial charge in [0.1, 0.15) is 5.54 Å². The van der Waals surface area contributed by atoms with E-state index >= 15 is 0 Å². The van der Waals surface area contributed by atoms with Crippen molar-refractivity contribution in [3.63, 3.8) is 0 Å². The molecular weight excluding hydrogens is 518 g/mol. The third-order valence-corrected chi connectivity index (χ3v) is 7.80. The standard InChI is InChI=1S/C19H17F8N3O4S/c20-17(21,19(25,26)27)10-30-8-11(7-14(30)34-15(31)29-16(9-28)5-6-16)35(32,33)13-4-2-1-3-12(13)18(22,23)24/h1-4,11,14H,5-8,10H2,(H,29,31)/t11-,14+/m1/s1. The quantitative estimate of drug-likeness (QED) is 0.556. The van der Waals surface area contributed by atoms with Crippen molar-refractivity contribution in [3.05, 3.63) is 29.8 Å². The average Bonchev–Trinajstić information content (AvgIpc) is 3.39. The molecule has 1 aromatic carbocycles. The van der Waals surface area contributed by atoms with Gasteiger partial charge in [-0.25, -0.2) is 13.2 Å². The van der Waals surface area contributed by atoms with E-state index in [1.807, 2.05) is 0 Å². The summed E-state index contributed by atoms with van der Waals surface area (Å²) in [6, 6.07) is 4.79. The maximum atomic E-state index is 13.7. The first kappa shape index (κ1) is 26.9. The molecule has 3 rings (SSSR count). The van der Waals surface area contributed by atoms with Gasteiger partial charge >= 0.3 is 24.4 Å². The van der Waals surface area contributed by atoms with Crippen molar-refractivity contribution >= 4 is 15.9 Å². The van der Waals surface area contributed by atoms with Crippen LogP contribution in [0.2, 0.25) is 0 Å². The molecule has 2 atom stereocenters. The van der Waals surface area contributed by atoms with Crippen molar-refractivity contribution in [2.24, 2.45) is 0 Å². The summed E-state index contributed by atoms with van der Waals surface area (Å²) in [5.74, 6) is -5.35. The topological polar surface area (TPSA) is 99.5 Å². The fourth-order valence-corrected chi connectivity index (χ4v) is 5.48. The van der Waals surface area contributed by atoms with Crippen molar-refractivity contribution < 1.29 is 53.1 Å². The molecule has 0 unspecified atom stereocenters. The first-order chi connectivity index (χ1) is 15.9. The molecule has 16 heteroatoms. The normalized spacial score (nSPS) is 22.9. The van der Waals surface area contributed by atoms with Gasteiger partial charge in [-0.1, -0.05) is 12.1 Å². The maximum Gasteiger partial charge on any atom is 0.454 e. The highest BCUT2D eigenvalue weighted by molar-refractivity contribution is 7.92. The third-order valence-electron chi connectivity index (χ3n) is 5.61. The highest BCUT2D eigenvalue weighted by Crippen LogP contribution is 2.41. The number of nitrogens with zero attached hydrogens (tertiary/aromatic N) is 2. The summed E-state index contributed by atoms with van der Waals surface area (Å²) < 4.78 is 137. The van der Waals surface area contributed by atoms with Crippen molar-refractivity contribution in [1.82, 2.24) is 10.2 Å². The van der Waals surface area contributed by atoms with E-state index in [-0.39, 0.29) is 17.7 Å². The van der Waals surface area contributed by atoms with Gasteiger partial charge in [0.2, 0.25) is 0 Å². The number of likely N-dealkylation sites (tertiary alicyclic amines) is 1. The lowest BCUT2D eigenvalue weighted by Crippen LogP contribution is -2.50. The molecule has 0 aromatic heterocycles. The number of alkyl halides is 8. The molecule has 1 N–H and O–H groups in total. The number of hydrogen-bond donors (Lipinski definition) is 1. The monoisotopic (exact) mass is 535 g/mol. The molecule has 1 aromatic rings. The maximum absolute atomic E-state index is 13.7. The molecule has 1 aliphatic carbocycles. The number of ether oxygens (including phenoxy) is 1. The van der Waals surface area contributed by atoms with Crippen molar-refractivity contribution in [2.75, 3.05) is 13.1 Å². The summed E-state index contributed by atoms with van der Waals surface area (Å²) in [6.45, 7) is -3.17. The number of alkyl carbamates (subject to hydrolysis) is 1. The van der Waals surface area contributed by atoms with Crippen LogP contribution >= 0.6 is 0 Å². The van der Waals surface area contributed by atoms with E-state index in [9.17, 15) is 48.3 Å². The van der Waals surface area contributed by atoms with E-state index in [0.717, 1.165) is 12.1 Å². The van der Waals surface area contributed by atoms with Gasteiger partial charge in [0.25, 0.3) is 0 Å². The molecule has 7 nitrogen and oxygen atoms in total. The Morgan fingerprint density at radius 1 is 1.14 bits per heavy atom. The van der Waals surface area contributed by atoms with E-state index in [0.29, 0.717) is 12.1 Å². The Balaban J connectivity index is 1.90. The van der Waals surface area contributed by atoms with E-state index in [1.165, 1.54) is 0 Å². The average molecular weight is 535 g/mol. The predicted molar refractivity (Wildman–Crippen MR) is 101 cm³/mol. The van der Waals surface area contributed by atoms with Gasteiger partial charge < -0.3 is 10.1 Å². The Kier molecular flexibility index (Phi) is 6.75. The van der Waals surface area contributed by atoms with Crippen LogP contribution in [-0.2, 0) is 20.8 Å². The first-order valence-corrected chi connectivity index (χ1v) is 11.5. The molecule has 1 amide bonds. The number of rotatable bonds is 6. The summed E-state index contributed by atoms with van der Waals surface area (Å²) in [5.41, 5.74) is -2.84. The highest BCUT2D eigenvalue weighted by atomic mass is 32.2. The second-order valence-corrected chi connectivity index (χ2v) is 10.4. The van der Waals surface area contributed by atoms with Crippen LogP contribution in [0.25, 0.3) is 0 Å². The second-order valence-electron chi connectivity index (χ2n) is 8.21. The SMILES string of the molecule is N#CC1(NC(=O)O[C@H]2C[C@@H](S(=O)(=O)c3ccccc3C(F)(F)F)CN2CC(F)(F)C(F)(F)F)CC1. The van der Waals surface area contributed by atoms with Crippen LogP contribution in [0, 0.1) is 11.3 Å². The van der Waals surface area contributed by atoms with Gasteiger partial charge in [0.15, 0.2) is 16.1 Å². The number of carbonyl (C=O) groups is 1. The third kappa shape index (κ3) is 5.61. The van der Waals surface area contributed by atoms with Crippen molar-refractivity contribution in [2.45, 2.75) is 59.4 Å². The lowest BCUT2D eigenvalue weighted by Gasteiger charge is -2.29. The Bertz CT molecular complexity index is 1130. The zero-order valence-corrected chi connectivity index (χ0v) is 18.3. The molecule has 2 fully saturated rings. The minimum atomic E-state index is -6.03. The number of sulfone groups is 1. The molecule has 35 heavy (non-hydrogen) atoms. The Hall–Kier alpha value is -2.67. The van der Waals surface area contributed by atoms with Crippen molar-refractivity contribution in [1.29, 1.82) is 5.26 Å². The fraction of sp³-hybridized carbons (Fsp3) is 0.579. The molecule has 1 aliphatic heterocycles. The van der Waals surface area contributed by atoms with Crippen LogP contribution in [0.4, 0.5) is 39.9 Å². The van der Waals surface area contributed by atoms with E-state index in [1.54, 1.807) is 6.07 Å². The van der Waals surface area contributed by atoms with Crippen LogP contribution in [0.1, 0.15) is 24.8 Å². The lowest BCUT2D eigenvalue weighted by molar-refractivity contribution is -0.289. The highest BCUT2D eigenvalue weighted by Gasteiger charge is 2.60. The zero-order valence-electron chi connectivity index (χ0n) is 17.5. The zero-order chi connectivity index (χ0) is 26.4. The van der Waals surface area contributed by atoms with Crippen LogP contribution in [0.5, 0.6) is 0 Å². The summed E-state index contributed by atoms with van der Waals surface area (Å²) in [4.78, 5) is 11.2. The molecule has 0 spiro atoms. The van der Waals surface area contributed by atoms with E-state index in [2.05, 4.69) is 5.32 Å². The number of nitriles is 1. The molecule has 0 bridgehead atoms. The van der Waals surface area contributed by atoms with E-state index < -0.39 is 81.2 Å². The predicted octanol–water partition coefficient (Wildman–Crippen LogP) is 3.86. The first-order valence-electron chi connectivity index (χ1n) is 9.91. The molecule has 0 radical (unpaired) electrons. The molecule has 1 saturated carbocycles. The van der Waals surface area contributed by atoms with E-state index in [4.69, 9.17) is 10.00 Å². The summed E-state index contributed by atoms with van der Waals surface area (Å²) in [5, 5.41) is 9.21. The minimum absolute atomic E-state index is 0.227. The van der Waals surface area contributed by atoms with Crippen LogP contribution in [0.15, 0.2) is 29.2 Å². The summed E-state index contributed by atoms with van der Waals surface area (Å²) >= 11 is 0. The van der Waals surface area contributed by atoms with Gasteiger partial charge in [-0.2, -0.15) is 40.4 Å². The number of benzene rings is 1. The van der Waals surface area contributed by atoms with Crippen LogP contribution < -0.4 is 5.32 Å². The molecule has 1 heterocycles. The molecule has 1 saturated heterocycles. The minimum Gasteiger partial charge on any atom is -0.430 e. The largest absolute Gasteiger partial charge is 0.454 e. The number of hydrogen-bond acceptors (Lipinski definition) is 6. The Labute approximate surface area is 193 Å². The summed E-state index contributed by atoms with van der Waals surface area (Å²) in [6.07, 6.45) is -14.9. The van der Waals surface area contributed by atoms with Crippen LogP contribution in [0.3, 0.4) is 0 Å². The fourth-order valence-electron chi connectivity index (χ4n) is 3.55. The van der Waals surface area contributed by atoms with Gasteiger partial charge in [-0.15, -0.1) is 0 Å². The van der Waals surface area contributed by atoms with Gasteiger partial charge in [-0.05, 0) is 25.0 Å². The number of halogens is 8. The van der Waals surface area contributed by atoms with Gasteiger partial charge in [0, 0.05) is 13.0 Å². The smallest absolute Gasteiger partial charge is 0.430 e. The summed E-state index contributed by atoms with van der Waals surface area (Å²) in [7, 11) is -4.92. The Morgan fingerprint density at radius 2 is 1.74 bits per heavy atom. The van der Waals surface area contributed by atoms with Gasteiger partial charge in [0.05, 0.1) is 28.3 Å². The Morgan fingerprint density at radius 3 is 2.26 bits per heavy atom.